The number of fused-ring (bicyclic) bond motifs is 1. The van der Waals surface area contributed by atoms with Crippen molar-refractivity contribution in [2.24, 2.45) is 11.8 Å². The molecule has 1 aliphatic heterocycles. The van der Waals surface area contributed by atoms with Crippen LogP contribution in [0.5, 0.6) is 0 Å². The van der Waals surface area contributed by atoms with Crippen molar-refractivity contribution in [2.75, 3.05) is 13.7 Å². The summed E-state index contributed by atoms with van der Waals surface area (Å²) >= 11 is 0. The number of esters is 3. The Bertz CT molecular complexity index is 710. The van der Waals surface area contributed by atoms with E-state index < -0.39 is 17.7 Å². The second kappa shape index (κ2) is 10.2. The molecule has 0 amide bonds. The van der Waals surface area contributed by atoms with E-state index in [2.05, 4.69) is 6.58 Å². The standard InChI is InChI=1S/C23H34O7/c1-7-15(4)21(25)28-13-23-19(30-23)11-10-17(22(26)27-6)8-9-18(14(2)3)12-20(23)29-16(5)24/h8,15,18-20H,2,7,9-13H2,1,3-6H3. The highest BCUT2D eigenvalue weighted by atomic mass is 16.7. The molecule has 1 saturated heterocycles. The summed E-state index contributed by atoms with van der Waals surface area (Å²) in [5.41, 5.74) is 0.606. The molecule has 1 aliphatic carbocycles. The van der Waals surface area contributed by atoms with Crippen LogP contribution in [-0.4, -0.2) is 49.4 Å². The minimum absolute atomic E-state index is 0.0129. The first-order valence-electron chi connectivity index (χ1n) is 10.6. The van der Waals surface area contributed by atoms with Crippen LogP contribution in [0.1, 0.15) is 59.8 Å². The highest BCUT2D eigenvalue weighted by Crippen LogP contribution is 2.48. The second-order valence-electron chi connectivity index (χ2n) is 8.35. The lowest BCUT2D eigenvalue weighted by Gasteiger charge is -2.29. The van der Waals surface area contributed by atoms with Gasteiger partial charge in [0.2, 0.25) is 0 Å². The molecule has 30 heavy (non-hydrogen) atoms. The van der Waals surface area contributed by atoms with E-state index in [0.717, 1.165) is 5.57 Å². The number of epoxide rings is 1. The smallest absolute Gasteiger partial charge is 0.333 e. The Kier molecular flexibility index (Phi) is 8.24. The lowest BCUT2D eigenvalue weighted by atomic mass is 9.83. The van der Waals surface area contributed by atoms with Gasteiger partial charge in [-0.3, -0.25) is 9.59 Å². The Hall–Kier alpha value is -2.15. The molecule has 1 fully saturated rings. The lowest BCUT2D eigenvalue weighted by Crippen LogP contribution is -2.42. The summed E-state index contributed by atoms with van der Waals surface area (Å²) < 4.78 is 22.2. The SMILES string of the molecule is C=C(C)C1CC=C(C(=O)OC)CCC2OC2(COC(=O)C(C)CC)C(OC(C)=O)C1. The molecule has 0 aromatic heterocycles. The third kappa shape index (κ3) is 5.72. The predicted octanol–water partition coefficient (Wildman–Crippen LogP) is 3.51. The monoisotopic (exact) mass is 422 g/mol. The fourth-order valence-corrected chi connectivity index (χ4v) is 3.82. The van der Waals surface area contributed by atoms with Gasteiger partial charge in [0.15, 0.2) is 5.60 Å². The molecule has 0 aromatic rings. The first kappa shape index (κ1) is 24.1. The van der Waals surface area contributed by atoms with Gasteiger partial charge in [0, 0.05) is 12.5 Å². The van der Waals surface area contributed by atoms with E-state index in [9.17, 15) is 14.4 Å². The van der Waals surface area contributed by atoms with Gasteiger partial charge in [-0.2, -0.15) is 0 Å². The fourth-order valence-electron chi connectivity index (χ4n) is 3.82. The molecule has 0 bridgehead atoms. The first-order chi connectivity index (χ1) is 14.1. The summed E-state index contributed by atoms with van der Waals surface area (Å²) in [5, 5.41) is 0. The van der Waals surface area contributed by atoms with Crippen LogP contribution in [0.25, 0.3) is 0 Å². The van der Waals surface area contributed by atoms with Crippen LogP contribution in [0.2, 0.25) is 0 Å². The fraction of sp³-hybridized carbons (Fsp3) is 0.696. The number of ether oxygens (including phenoxy) is 4. The summed E-state index contributed by atoms with van der Waals surface area (Å²) in [6.45, 7) is 11.1. The van der Waals surface area contributed by atoms with Gasteiger partial charge in [-0.1, -0.05) is 32.1 Å². The van der Waals surface area contributed by atoms with Crippen molar-refractivity contribution in [3.63, 3.8) is 0 Å². The van der Waals surface area contributed by atoms with Gasteiger partial charge in [0.1, 0.15) is 12.7 Å². The molecular formula is C23H34O7. The van der Waals surface area contributed by atoms with Crippen molar-refractivity contribution in [2.45, 2.75) is 77.6 Å². The highest BCUT2D eigenvalue weighted by molar-refractivity contribution is 5.88. The van der Waals surface area contributed by atoms with Crippen LogP contribution in [0.4, 0.5) is 0 Å². The Balaban J connectivity index is 2.31. The Labute approximate surface area is 178 Å². The maximum Gasteiger partial charge on any atom is 0.333 e. The minimum atomic E-state index is -0.902. The van der Waals surface area contributed by atoms with Gasteiger partial charge in [-0.05, 0) is 44.9 Å². The molecule has 7 heteroatoms. The molecule has 0 N–H and O–H groups in total. The molecule has 2 rings (SSSR count). The van der Waals surface area contributed by atoms with Crippen molar-refractivity contribution in [3.05, 3.63) is 23.8 Å². The molecular weight excluding hydrogens is 388 g/mol. The van der Waals surface area contributed by atoms with Gasteiger partial charge in [0.25, 0.3) is 0 Å². The molecule has 0 aromatic carbocycles. The maximum atomic E-state index is 12.3. The Morgan fingerprint density at radius 3 is 2.60 bits per heavy atom. The van der Waals surface area contributed by atoms with Gasteiger partial charge in [-0.15, -0.1) is 0 Å². The quantitative estimate of drug-likeness (QED) is 0.268. The summed E-state index contributed by atoms with van der Waals surface area (Å²) in [6.07, 6.45) is 3.75. The summed E-state index contributed by atoms with van der Waals surface area (Å²) in [5.74, 6) is -1.32. The molecule has 0 saturated carbocycles. The number of hydrogen-bond acceptors (Lipinski definition) is 7. The van der Waals surface area contributed by atoms with Gasteiger partial charge in [-0.25, -0.2) is 4.79 Å². The van der Waals surface area contributed by atoms with Gasteiger partial charge in [0.05, 0.1) is 19.1 Å². The second-order valence-corrected chi connectivity index (χ2v) is 8.35. The van der Waals surface area contributed by atoms with Crippen LogP contribution in [0.15, 0.2) is 23.8 Å². The van der Waals surface area contributed by atoms with Crippen LogP contribution in [0.3, 0.4) is 0 Å². The van der Waals surface area contributed by atoms with E-state index in [-0.39, 0.29) is 36.5 Å². The van der Waals surface area contributed by atoms with Crippen LogP contribution in [0, 0.1) is 11.8 Å². The first-order valence-corrected chi connectivity index (χ1v) is 10.6. The van der Waals surface area contributed by atoms with Crippen molar-refractivity contribution in [3.8, 4) is 0 Å². The molecule has 2 aliphatic rings. The third-order valence-corrected chi connectivity index (χ3v) is 6.13. The zero-order chi connectivity index (χ0) is 22.5. The average Bonchev–Trinajstić information content (AvgIpc) is 3.42. The molecule has 5 atom stereocenters. The molecule has 7 nitrogen and oxygen atoms in total. The van der Waals surface area contributed by atoms with Crippen LogP contribution < -0.4 is 0 Å². The summed E-state index contributed by atoms with van der Waals surface area (Å²) in [4.78, 5) is 36.3. The van der Waals surface area contributed by atoms with Gasteiger partial charge >= 0.3 is 17.9 Å². The predicted molar refractivity (Wildman–Crippen MR) is 110 cm³/mol. The number of rotatable bonds is 7. The lowest BCUT2D eigenvalue weighted by molar-refractivity contribution is -0.158. The van der Waals surface area contributed by atoms with Crippen molar-refractivity contribution in [1.82, 2.24) is 0 Å². The number of allylic oxidation sites excluding steroid dienone is 2. The zero-order valence-electron chi connectivity index (χ0n) is 18.7. The van der Waals surface area contributed by atoms with E-state index in [1.54, 1.807) is 0 Å². The third-order valence-electron chi connectivity index (χ3n) is 6.13. The molecule has 168 valence electrons. The summed E-state index contributed by atoms with van der Waals surface area (Å²) in [7, 11) is 1.36. The van der Waals surface area contributed by atoms with E-state index in [1.165, 1.54) is 14.0 Å². The number of carbonyl (C=O) groups is 3. The van der Waals surface area contributed by atoms with Gasteiger partial charge < -0.3 is 18.9 Å². The number of methoxy groups -OCH3 is 1. The van der Waals surface area contributed by atoms with Crippen LogP contribution in [-0.2, 0) is 33.3 Å². The maximum absolute atomic E-state index is 12.3. The summed E-state index contributed by atoms with van der Waals surface area (Å²) in [6, 6.07) is 0. The van der Waals surface area contributed by atoms with E-state index in [1.807, 2.05) is 26.8 Å². The van der Waals surface area contributed by atoms with E-state index >= 15 is 0 Å². The average molecular weight is 423 g/mol. The largest absolute Gasteiger partial charge is 0.466 e. The normalized spacial score (nSPS) is 29.5. The molecule has 5 unspecified atom stereocenters. The topological polar surface area (TPSA) is 91.4 Å². The van der Waals surface area contributed by atoms with Crippen molar-refractivity contribution >= 4 is 17.9 Å². The van der Waals surface area contributed by atoms with Crippen molar-refractivity contribution < 1.29 is 33.3 Å². The Morgan fingerprint density at radius 2 is 2.03 bits per heavy atom. The van der Waals surface area contributed by atoms with E-state index in [0.29, 0.717) is 37.7 Å². The van der Waals surface area contributed by atoms with Crippen molar-refractivity contribution in [1.29, 1.82) is 0 Å². The molecule has 1 heterocycles. The number of hydrogen-bond donors (Lipinski definition) is 0. The highest BCUT2D eigenvalue weighted by Gasteiger charge is 2.64. The minimum Gasteiger partial charge on any atom is -0.466 e. The molecule has 0 radical (unpaired) electrons. The molecule has 0 spiro atoms. The number of carbonyl (C=O) groups excluding carboxylic acids is 3. The van der Waals surface area contributed by atoms with Crippen LogP contribution >= 0.6 is 0 Å². The van der Waals surface area contributed by atoms with E-state index in [4.69, 9.17) is 18.9 Å². The zero-order valence-corrected chi connectivity index (χ0v) is 18.7. The Morgan fingerprint density at radius 1 is 1.33 bits per heavy atom.